The van der Waals surface area contributed by atoms with Crippen molar-refractivity contribution < 1.29 is 0 Å². The normalized spacial score (nSPS) is 17.8. The van der Waals surface area contributed by atoms with Crippen LogP contribution in [0.25, 0.3) is 27.6 Å². The van der Waals surface area contributed by atoms with Crippen molar-refractivity contribution in [3.63, 3.8) is 0 Å². The third kappa shape index (κ3) is 2.35. The minimum atomic E-state index is -0.0738. The minimum Gasteiger partial charge on any atom is -0.372 e. The highest BCUT2D eigenvalue weighted by Gasteiger charge is 2.42. The molecule has 2 aromatic heterocycles. The molecular weight excluding hydrogens is 372 g/mol. The standard InChI is InChI=1S/C25H26N4O/c1-3-15(2)23-24(30)27-17-13-19-21(14-18(17)26-23)29-20-9-5-4-8-16(20)12-22(29)25(28-19)10-6-7-11-25/h4-5,8-9,12-15,28H,3,6-7,10-11H2,1-2H3,(H,27,30). The van der Waals surface area contributed by atoms with Crippen molar-refractivity contribution in [2.45, 2.75) is 57.4 Å². The molecule has 0 radical (unpaired) electrons. The second-order valence-electron chi connectivity index (χ2n) is 8.98. The fraction of sp³-hybridized carbons (Fsp3) is 0.360. The highest BCUT2D eigenvalue weighted by molar-refractivity contribution is 5.91. The zero-order valence-corrected chi connectivity index (χ0v) is 17.5. The average molecular weight is 399 g/mol. The molecule has 1 spiro atoms. The molecule has 1 fully saturated rings. The van der Waals surface area contributed by atoms with Crippen molar-refractivity contribution >= 4 is 27.6 Å². The van der Waals surface area contributed by atoms with Crippen LogP contribution in [-0.2, 0) is 5.54 Å². The van der Waals surface area contributed by atoms with Gasteiger partial charge in [-0.15, -0.1) is 0 Å². The van der Waals surface area contributed by atoms with Crippen LogP contribution in [0.5, 0.6) is 0 Å². The van der Waals surface area contributed by atoms with Crippen LogP contribution in [0.3, 0.4) is 0 Å². The number of hydrogen-bond acceptors (Lipinski definition) is 3. The van der Waals surface area contributed by atoms with Gasteiger partial charge in [0.2, 0.25) is 0 Å². The van der Waals surface area contributed by atoms with E-state index >= 15 is 0 Å². The zero-order valence-electron chi connectivity index (χ0n) is 17.5. The van der Waals surface area contributed by atoms with E-state index in [0.29, 0.717) is 5.69 Å². The van der Waals surface area contributed by atoms with Crippen LogP contribution in [0, 0.1) is 0 Å². The van der Waals surface area contributed by atoms with Crippen molar-refractivity contribution in [2.75, 3.05) is 5.32 Å². The molecule has 3 heterocycles. The highest BCUT2D eigenvalue weighted by Crippen LogP contribution is 2.49. The van der Waals surface area contributed by atoms with E-state index in [1.165, 1.54) is 29.4 Å². The summed E-state index contributed by atoms with van der Waals surface area (Å²) in [6.07, 6.45) is 5.61. The van der Waals surface area contributed by atoms with Gasteiger partial charge in [0, 0.05) is 17.0 Å². The molecule has 2 aromatic carbocycles. The van der Waals surface area contributed by atoms with Crippen molar-refractivity contribution in [1.82, 2.24) is 14.5 Å². The van der Waals surface area contributed by atoms with Crippen molar-refractivity contribution in [1.29, 1.82) is 0 Å². The first kappa shape index (κ1) is 17.8. The van der Waals surface area contributed by atoms with Gasteiger partial charge in [-0.05, 0) is 43.5 Å². The Morgan fingerprint density at radius 3 is 2.77 bits per heavy atom. The number of H-pyrrole nitrogens is 1. The first-order valence-corrected chi connectivity index (χ1v) is 11.1. The molecule has 1 atom stereocenters. The SMILES string of the molecule is CCC(C)c1nc2cc3c(cc2[nH]c1=O)NC1(CCCC1)c1cc2ccccc2n1-3. The Bertz CT molecular complexity index is 1360. The van der Waals surface area contributed by atoms with Crippen LogP contribution in [-0.4, -0.2) is 14.5 Å². The first-order valence-electron chi connectivity index (χ1n) is 11.1. The molecule has 2 N–H and O–H groups in total. The molecule has 6 rings (SSSR count). The Kier molecular flexibility index (Phi) is 3.67. The molecule has 0 amide bonds. The number of nitrogens with zero attached hydrogens (tertiary/aromatic N) is 2. The van der Waals surface area contributed by atoms with Gasteiger partial charge in [-0.1, -0.05) is 44.9 Å². The summed E-state index contributed by atoms with van der Waals surface area (Å²) in [5.74, 6) is 0.136. The Balaban J connectivity index is 1.66. The highest BCUT2D eigenvalue weighted by atomic mass is 16.1. The summed E-state index contributed by atoms with van der Waals surface area (Å²) in [5.41, 5.74) is 6.92. The molecule has 1 unspecified atom stereocenters. The lowest BCUT2D eigenvalue weighted by Crippen LogP contribution is -2.38. The van der Waals surface area contributed by atoms with Gasteiger partial charge in [-0.2, -0.15) is 0 Å². The fourth-order valence-electron chi connectivity index (χ4n) is 5.40. The second-order valence-corrected chi connectivity index (χ2v) is 8.98. The maximum atomic E-state index is 12.6. The molecule has 0 saturated heterocycles. The molecule has 152 valence electrons. The van der Waals surface area contributed by atoms with Crippen molar-refractivity contribution in [3.8, 4) is 5.69 Å². The maximum absolute atomic E-state index is 12.6. The summed E-state index contributed by atoms with van der Waals surface area (Å²) in [6.45, 7) is 4.15. The number of fused-ring (bicyclic) bond motifs is 7. The van der Waals surface area contributed by atoms with Crippen LogP contribution in [0.2, 0.25) is 0 Å². The van der Waals surface area contributed by atoms with Crippen LogP contribution in [0.1, 0.15) is 63.3 Å². The van der Waals surface area contributed by atoms with E-state index in [9.17, 15) is 4.79 Å². The number of aromatic nitrogens is 3. The summed E-state index contributed by atoms with van der Waals surface area (Å²) in [5, 5.41) is 5.15. The summed E-state index contributed by atoms with van der Waals surface area (Å²) >= 11 is 0. The molecule has 2 aliphatic rings. The van der Waals surface area contributed by atoms with Crippen LogP contribution in [0.4, 0.5) is 5.69 Å². The number of benzene rings is 2. The number of nitrogens with one attached hydrogen (secondary N) is 2. The van der Waals surface area contributed by atoms with Gasteiger partial charge in [-0.25, -0.2) is 4.98 Å². The summed E-state index contributed by atoms with van der Waals surface area (Å²) < 4.78 is 2.42. The Hall–Kier alpha value is -3.08. The van der Waals surface area contributed by atoms with E-state index in [2.05, 4.69) is 71.2 Å². The van der Waals surface area contributed by atoms with E-state index in [0.717, 1.165) is 41.7 Å². The quantitative estimate of drug-likeness (QED) is 0.464. The first-order chi connectivity index (χ1) is 14.6. The minimum absolute atomic E-state index is 0.0376. The lowest BCUT2D eigenvalue weighted by molar-refractivity contribution is 0.476. The van der Waals surface area contributed by atoms with Gasteiger partial charge in [0.15, 0.2) is 0 Å². The Morgan fingerprint density at radius 2 is 1.97 bits per heavy atom. The molecule has 1 aliphatic carbocycles. The molecule has 1 saturated carbocycles. The lowest BCUT2D eigenvalue weighted by atomic mass is 9.90. The number of rotatable bonds is 2. The zero-order chi connectivity index (χ0) is 20.5. The molecule has 30 heavy (non-hydrogen) atoms. The second kappa shape index (κ2) is 6.21. The molecule has 5 heteroatoms. The third-order valence-electron chi connectivity index (χ3n) is 7.19. The van der Waals surface area contributed by atoms with E-state index in [1.54, 1.807) is 0 Å². The Morgan fingerprint density at radius 1 is 1.17 bits per heavy atom. The Labute approximate surface area is 175 Å². The van der Waals surface area contributed by atoms with Gasteiger partial charge in [0.1, 0.15) is 5.69 Å². The monoisotopic (exact) mass is 398 g/mol. The maximum Gasteiger partial charge on any atom is 0.270 e. The van der Waals surface area contributed by atoms with Crippen LogP contribution < -0.4 is 10.9 Å². The summed E-state index contributed by atoms with van der Waals surface area (Å²) in [7, 11) is 0. The molecule has 0 bridgehead atoms. The van der Waals surface area contributed by atoms with Crippen LogP contribution >= 0.6 is 0 Å². The molecule has 4 aromatic rings. The molecular formula is C25H26N4O. The number of aromatic amines is 1. The van der Waals surface area contributed by atoms with Gasteiger partial charge in [-0.3, -0.25) is 4.79 Å². The fourth-order valence-corrected chi connectivity index (χ4v) is 5.40. The molecule has 5 nitrogen and oxygen atoms in total. The predicted molar refractivity (Wildman–Crippen MR) is 122 cm³/mol. The molecule has 1 aliphatic heterocycles. The lowest BCUT2D eigenvalue weighted by Gasteiger charge is -2.38. The van der Waals surface area contributed by atoms with Gasteiger partial charge >= 0.3 is 0 Å². The van der Waals surface area contributed by atoms with Gasteiger partial charge in [0.25, 0.3) is 5.56 Å². The third-order valence-corrected chi connectivity index (χ3v) is 7.19. The topological polar surface area (TPSA) is 62.7 Å². The summed E-state index contributed by atoms with van der Waals surface area (Å²) in [6, 6.07) is 15.2. The van der Waals surface area contributed by atoms with E-state index < -0.39 is 0 Å². The number of hydrogen-bond donors (Lipinski definition) is 2. The van der Waals surface area contributed by atoms with E-state index in [1.807, 2.05) is 0 Å². The van der Waals surface area contributed by atoms with Crippen molar-refractivity contribution in [3.05, 3.63) is 64.2 Å². The average Bonchev–Trinajstić information content (AvgIpc) is 3.38. The van der Waals surface area contributed by atoms with Gasteiger partial charge in [0.05, 0.1) is 33.5 Å². The van der Waals surface area contributed by atoms with Crippen molar-refractivity contribution in [2.24, 2.45) is 0 Å². The largest absolute Gasteiger partial charge is 0.372 e. The van der Waals surface area contributed by atoms with E-state index in [-0.39, 0.29) is 17.0 Å². The van der Waals surface area contributed by atoms with Crippen LogP contribution in [0.15, 0.2) is 47.3 Å². The number of anilines is 1. The van der Waals surface area contributed by atoms with Gasteiger partial charge < -0.3 is 14.9 Å². The smallest absolute Gasteiger partial charge is 0.270 e. The summed E-state index contributed by atoms with van der Waals surface area (Å²) in [4.78, 5) is 20.5. The number of para-hydroxylation sites is 1. The van der Waals surface area contributed by atoms with E-state index in [4.69, 9.17) is 4.98 Å². The predicted octanol–water partition coefficient (Wildman–Crippen LogP) is 5.58.